The number of aromatic nitrogens is 4. The molecule has 2 aliphatic rings. The SMILES string of the molecule is Cc1cc(C2=Nn3cnnc3SC2c2ccc(F)cc2)nc2c1OCC(=O)N2. The predicted molar refractivity (Wildman–Crippen MR) is 100 cm³/mol. The van der Waals surface area contributed by atoms with Crippen molar-refractivity contribution in [3.05, 3.63) is 59.3 Å². The molecule has 8 nitrogen and oxygen atoms in total. The fourth-order valence-corrected chi connectivity index (χ4v) is 4.18. The largest absolute Gasteiger partial charge is 0.480 e. The molecule has 0 spiro atoms. The van der Waals surface area contributed by atoms with Crippen molar-refractivity contribution in [3.63, 3.8) is 0 Å². The van der Waals surface area contributed by atoms with Gasteiger partial charge in [0.05, 0.1) is 10.9 Å². The van der Waals surface area contributed by atoms with Gasteiger partial charge in [-0.3, -0.25) is 4.79 Å². The van der Waals surface area contributed by atoms with Crippen LogP contribution in [-0.4, -0.2) is 38.1 Å². The van der Waals surface area contributed by atoms with Crippen molar-refractivity contribution >= 4 is 29.2 Å². The van der Waals surface area contributed by atoms with Crippen molar-refractivity contribution in [2.45, 2.75) is 17.3 Å². The minimum Gasteiger partial charge on any atom is -0.480 e. The summed E-state index contributed by atoms with van der Waals surface area (Å²) in [4.78, 5) is 16.3. The fraction of sp³-hybridized carbons (Fsp3) is 0.167. The van der Waals surface area contributed by atoms with Crippen LogP contribution in [0.4, 0.5) is 10.2 Å². The number of carbonyl (C=O) groups excluding carboxylic acids is 1. The number of aryl methyl sites for hydroxylation is 1. The maximum absolute atomic E-state index is 13.4. The standard InChI is InChI=1S/C18H13FN6O2S/c1-9-6-12(21-17-15(9)27-7-13(26)22-17)14-16(10-2-4-11(19)5-3-10)28-18-23-20-8-25(18)24-14/h2-6,8,16H,7H2,1H3,(H,21,22,26). The number of nitrogens with one attached hydrogen (secondary N) is 1. The number of hydrogen-bond donors (Lipinski definition) is 1. The van der Waals surface area contributed by atoms with Gasteiger partial charge in [-0.1, -0.05) is 23.9 Å². The van der Waals surface area contributed by atoms with E-state index in [-0.39, 0.29) is 23.6 Å². The zero-order valence-electron chi connectivity index (χ0n) is 14.6. The molecular weight excluding hydrogens is 383 g/mol. The van der Waals surface area contributed by atoms with E-state index in [1.807, 2.05) is 13.0 Å². The third kappa shape index (κ3) is 2.82. The highest BCUT2D eigenvalue weighted by Crippen LogP contribution is 2.41. The molecule has 0 bridgehead atoms. The highest BCUT2D eigenvalue weighted by atomic mass is 32.2. The van der Waals surface area contributed by atoms with Crippen molar-refractivity contribution < 1.29 is 13.9 Å². The Labute approximate surface area is 162 Å². The molecule has 1 aromatic carbocycles. The fourth-order valence-electron chi connectivity index (χ4n) is 3.11. The summed E-state index contributed by atoms with van der Waals surface area (Å²) < 4.78 is 20.5. The van der Waals surface area contributed by atoms with Gasteiger partial charge in [-0.25, -0.2) is 9.37 Å². The molecule has 140 valence electrons. The lowest BCUT2D eigenvalue weighted by atomic mass is 10.0. The third-order valence-electron chi connectivity index (χ3n) is 4.39. The van der Waals surface area contributed by atoms with Crippen LogP contribution in [0, 0.1) is 12.7 Å². The van der Waals surface area contributed by atoms with Crippen LogP contribution in [0.5, 0.6) is 5.75 Å². The molecule has 0 aliphatic carbocycles. The summed E-state index contributed by atoms with van der Waals surface area (Å²) in [6, 6.07) is 8.11. The lowest BCUT2D eigenvalue weighted by molar-refractivity contribution is -0.118. The normalized spacial score (nSPS) is 17.9. The van der Waals surface area contributed by atoms with Crippen molar-refractivity contribution in [2.75, 3.05) is 11.9 Å². The Bertz CT molecular complexity index is 1130. The molecule has 28 heavy (non-hydrogen) atoms. The van der Waals surface area contributed by atoms with Crippen LogP contribution in [0.1, 0.15) is 22.1 Å². The summed E-state index contributed by atoms with van der Waals surface area (Å²) in [7, 11) is 0. The van der Waals surface area contributed by atoms with Crippen LogP contribution >= 0.6 is 11.8 Å². The average molecular weight is 396 g/mol. The number of ether oxygens (including phenoxy) is 1. The first kappa shape index (κ1) is 16.9. The molecule has 0 saturated carbocycles. The molecule has 1 unspecified atom stereocenters. The highest BCUT2D eigenvalue weighted by Gasteiger charge is 2.31. The summed E-state index contributed by atoms with van der Waals surface area (Å²) in [6.45, 7) is 1.85. The van der Waals surface area contributed by atoms with E-state index in [0.29, 0.717) is 28.1 Å². The average Bonchev–Trinajstić information content (AvgIpc) is 3.14. The number of pyridine rings is 1. The molecule has 4 heterocycles. The van der Waals surface area contributed by atoms with Gasteiger partial charge in [-0.15, -0.1) is 10.2 Å². The molecule has 0 fully saturated rings. The van der Waals surface area contributed by atoms with Crippen LogP contribution in [0.25, 0.3) is 0 Å². The van der Waals surface area contributed by atoms with E-state index >= 15 is 0 Å². The van der Waals surface area contributed by atoms with Gasteiger partial charge in [0.1, 0.15) is 17.9 Å². The zero-order chi connectivity index (χ0) is 19.3. The second-order valence-electron chi connectivity index (χ2n) is 6.33. The number of thioether (sulfide) groups is 1. The number of amides is 1. The first-order valence-corrected chi connectivity index (χ1v) is 9.32. The van der Waals surface area contributed by atoms with Crippen LogP contribution in [-0.2, 0) is 4.79 Å². The van der Waals surface area contributed by atoms with Crippen LogP contribution in [0.15, 0.2) is 46.9 Å². The molecule has 2 aromatic heterocycles. The van der Waals surface area contributed by atoms with Gasteiger partial charge in [-0.2, -0.15) is 9.78 Å². The topological polar surface area (TPSA) is 94.3 Å². The van der Waals surface area contributed by atoms with Crippen molar-refractivity contribution in [1.82, 2.24) is 19.9 Å². The van der Waals surface area contributed by atoms with Crippen LogP contribution in [0.3, 0.4) is 0 Å². The van der Waals surface area contributed by atoms with Crippen molar-refractivity contribution in [3.8, 4) is 5.75 Å². The first-order chi connectivity index (χ1) is 13.6. The smallest absolute Gasteiger partial charge is 0.263 e. The molecular formula is C18H13FN6O2S. The van der Waals surface area contributed by atoms with E-state index in [1.54, 1.807) is 16.8 Å². The summed E-state index contributed by atoms with van der Waals surface area (Å²) in [5.41, 5.74) is 2.93. The highest BCUT2D eigenvalue weighted by molar-refractivity contribution is 8.00. The Morgan fingerprint density at radius 1 is 1.32 bits per heavy atom. The number of benzene rings is 1. The number of halogens is 1. The predicted octanol–water partition coefficient (Wildman–Crippen LogP) is 2.55. The van der Waals surface area contributed by atoms with Crippen molar-refractivity contribution in [2.24, 2.45) is 5.10 Å². The molecule has 3 aromatic rings. The quantitative estimate of drug-likeness (QED) is 0.715. The second kappa shape index (κ2) is 6.41. The number of nitrogens with zero attached hydrogens (tertiary/aromatic N) is 5. The summed E-state index contributed by atoms with van der Waals surface area (Å²) in [5.74, 6) is 0.351. The van der Waals surface area contributed by atoms with Gasteiger partial charge < -0.3 is 10.1 Å². The Hall–Kier alpha value is -3.27. The van der Waals surface area contributed by atoms with E-state index < -0.39 is 0 Å². The van der Waals surface area contributed by atoms with Crippen LogP contribution in [0.2, 0.25) is 0 Å². The van der Waals surface area contributed by atoms with E-state index in [1.165, 1.54) is 30.2 Å². The number of rotatable bonds is 2. The Morgan fingerprint density at radius 3 is 2.96 bits per heavy atom. The summed E-state index contributed by atoms with van der Waals surface area (Å²) >= 11 is 1.45. The Morgan fingerprint density at radius 2 is 2.14 bits per heavy atom. The van der Waals surface area contributed by atoms with Crippen molar-refractivity contribution in [1.29, 1.82) is 0 Å². The molecule has 0 saturated heterocycles. The van der Waals surface area contributed by atoms with Gasteiger partial charge >= 0.3 is 0 Å². The molecule has 1 N–H and O–H groups in total. The minimum absolute atomic E-state index is 0.0338. The lowest BCUT2D eigenvalue weighted by Crippen LogP contribution is -2.28. The summed E-state index contributed by atoms with van der Waals surface area (Å²) in [5, 5.41) is 15.7. The summed E-state index contributed by atoms with van der Waals surface area (Å²) in [6.07, 6.45) is 1.51. The van der Waals surface area contributed by atoms with E-state index in [9.17, 15) is 9.18 Å². The Kier molecular flexibility index (Phi) is 3.86. The number of anilines is 1. The van der Waals surface area contributed by atoms with Crippen LogP contribution < -0.4 is 10.1 Å². The number of carbonyl (C=O) groups is 1. The lowest BCUT2D eigenvalue weighted by Gasteiger charge is -2.24. The number of hydrogen-bond acceptors (Lipinski definition) is 7. The molecule has 1 atom stereocenters. The molecule has 2 aliphatic heterocycles. The third-order valence-corrected chi connectivity index (χ3v) is 5.60. The first-order valence-electron chi connectivity index (χ1n) is 8.44. The van der Waals surface area contributed by atoms with Gasteiger partial charge in [0.25, 0.3) is 5.91 Å². The maximum Gasteiger partial charge on any atom is 0.263 e. The van der Waals surface area contributed by atoms with Gasteiger partial charge in [0.2, 0.25) is 5.16 Å². The van der Waals surface area contributed by atoms with E-state index in [0.717, 1.165) is 11.1 Å². The maximum atomic E-state index is 13.4. The van der Waals surface area contributed by atoms with Gasteiger partial charge in [0, 0.05) is 0 Å². The second-order valence-corrected chi connectivity index (χ2v) is 7.40. The molecule has 0 radical (unpaired) electrons. The minimum atomic E-state index is -0.311. The monoisotopic (exact) mass is 396 g/mol. The zero-order valence-corrected chi connectivity index (χ0v) is 15.4. The number of fused-ring (bicyclic) bond motifs is 2. The van der Waals surface area contributed by atoms with Gasteiger partial charge in [0.15, 0.2) is 18.2 Å². The Balaban J connectivity index is 1.65. The van der Waals surface area contributed by atoms with E-state index in [2.05, 4.69) is 25.6 Å². The van der Waals surface area contributed by atoms with Gasteiger partial charge in [-0.05, 0) is 36.2 Å². The van der Waals surface area contributed by atoms with E-state index in [4.69, 9.17) is 4.74 Å². The molecule has 1 amide bonds. The molecule has 5 rings (SSSR count). The molecule has 10 heteroatoms.